The molecule has 1 saturated heterocycles. The van der Waals surface area contributed by atoms with Crippen molar-refractivity contribution in [2.45, 2.75) is 63.2 Å². The Morgan fingerprint density at radius 1 is 1.10 bits per heavy atom. The maximum Gasteiger partial charge on any atom is 0.252 e. The van der Waals surface area contributed by atoms with Gasteiger partial charge in [-0.2, -0.15) is 0 Å². The fourth-order valence-electron chi connectivity index (χ4n) is 4.96. The molecule has 2 aliphatic rings. The maximum absolute atomic E-state index is 12.8. The third kappa shape index (κ3) is 5.59. The number of amides is 2. The highest BCUT2D eigenvalue weighted by molar-refractivity contribution is 6.22. The number of piperidine rings is 1. The van der Waals surface area contributed by atoms with Gasteiger partial charge in [-0.05, 0) is 50.2 Å². The average molecular weight is 445 g/mol. The molecule has 0 spiro atoms. The van der Waals surface area contributed by atoms with Gasteiger partial charge in [0.15, 0.2) is 0 Å². The third-order valence-corrected chi connectivity index (χ3v) is 7.42. The first kappa shape index (κ1) is 22.1. The number of fused-ring (bicyclic) bond motifs is 1. The monoisotopic (exact) mass is 444 g/mol. The molecular formula is C24H33ClN4O2. The molecule has 1 aliphatic carbocycles. The number of carbonyl (C=O) groups excluding carboxylic acids is 2. The van der Waals surface area contributed by atoms with E-state index in [4.69, 9.17) is 11.6 Å². The molecule has 168 valence electrons. The largest absolute Gasteiger partial charge is 0.352 e. The normalized spacial score (nSPS) is 22.5. The first-order valence-corrected chi connectivity index (χ1v) is 12.2. The molecule has 2 fully saturated rings. The Kier molecular flexibility index (Phi) is 7.49. The van der Waals surface area contributed by atoms with E-state index >= 15 is 0 Å². The Bertz CT molecular complexity index is 891. The van der Waals surface area contributed by atoms with E-state index < -0.39 is 0 Å². The van der Waals surface area contributed by atoms with E-state index in [9.17, 15) is 9.59 Å². The number of halogens is 1. The number of nitrogens with zero attached hydrogens (tertiary/aromatic N) is 3. The summed E-state index contributed by atoms with van der Waals surface area (Å²) in [5.41, 5.74) is 1.49. The van der Waals surface area contributed by atoms with E-state index in [-0.39, 0.29) is 23.1 Å². The molecule has 0 bridgehead atoms. The predicted octanol–water partition coefficient (Wildman–Crippen LogP) is 4.27. The van der Waals surface area contributed by atoms with Crippen LogP contribution in [0.4, 0.5) is 0 Å². The lowest BCUT2D eigenvalue weighted by atomic mass is 9.86. The molecule has 2 amide bonds. The van der Waals surface area contributed by atoms with Crippen molar-refractivity contribution in [3.63, 3.8) is 0 Å². The molecule has 3 heterocycles. The van der Waals surface area contributed by atoms with Crippen LogP contribution in [0.5, 0.6) is 0 Å². The van der Waals surface area contributed by atoms with Crippen LogP contribution in [0, 0.1) is 11.8 Å². The van der Waals surface area contributed by atoms with Gasteiger partial charge in [-0.15, -0.1) is 11.6 Å². The summed E-state index contributed by atoms with van der Waals surface area (Å²) >= 11 is 6.42. The SMILES string of the molecule is O=C(NCCCCC1CCN(C(=O)C2CCCCC2Cl)CC1)c1ccc2nccn2c1. The Morgan fingerprint density at radius 2 is 1.90 bits per heavy atom. The topological polar surface area (TPSA) is 66.7 Å². The summed E-state index contributed by atoms with van der Waals surface area (Å²) in [6, 6.07) is 3.67. The second-order valence-electron chi connectivity index (χ2n) is 9.04. The Balaban J connectivity index is 1.11. The number of nitrogens with one attached hydrogen (secondary N) is 1. The molecule has 2 aromatic heterocycles. The number of likely N-dealkylation sites (tertiary alicyclic amines) is 1. The molecule has 31 heavy (non-hydrogen) atoms. The Morgan fingerprint density at radius 3 is 2.71 bits per heavy atom. The number of rotatable bonds is 7. The lowest BCUT2D eigenvalue weighted by Crippen LogP contribution is -2.44. The molecule has 0 aromatic carbocycles. The molecule has 1 aliphatic heterocycles. The second kappa shape index (κ2) is 10.5. The first-order chi connectivity index (χ1) is 15.1. The van der Waals surface area contributed by atoms with Gasteiger partial charge in [0.1, 0.15) is 5.65 Å². The fourth-order valence-corrected chi connectivity index (χ4v) is 5.34. The molecule has 2 unspecified atom stereocenters. The summed E-state index contributed by atoms with van der Waals surface area (Å²) in [4.78, 5) is 31.4. The van der Waals surface area contributed by atoms with Crippen LogP contribution in [0.2, 0.25) is 0 Å². The molecule has 1 N–H and O–H groups in total. The minimum absolute atomic E-state index is 0.0241. The number of pyridine rings is 1. The van der Waals surface area contributed by atoms with Crippen LogP contribution in [0.15, 0.2) is 30.7 Å². The van der Waals surface area contributed by atoms with Crippen molar-refractivity contribution in [3.05, 3.63) is 36.3 Å². The quantitative estimate of drug-likeness (QED) is 0.512. The van der Waals surface area contributed by atoms with E-state index in [1.165, 1.54) is 6.42 Å². The summed E-state index contributed by atoms with van der Waals surface area (Å²) in [7, 11) is 0. The van der Waals surface area contributed by atoms with Gasteiger partial charge in [0.2, 0.25) is 5.91 Å². The van der Waals surface area contributed by atoms with Crippen molar-refractivity contribution in [2.75, 3.05) is 19.6 Å². The van der Waals surface area contributed by atoms with Crippen LogP contribution in [0.25, 0.3) is 5.65 Å². The highest BCUT2D eigenvalue weighted by Crippen LogP contribution is 2.32. The molecule has 0 radical (unpaired) electrons. The zero-order chi connectivity index (χ0) is 21.6. The van der Waals surface area contributed by atoms with Gasteiger partial charge in [0.05, 0.1) is 11.5 Å². The number of hydrogen-bond acceptors (Lipinski definition) is 3. The average Bonchev–Trinajstić information content (AvgIpc) is 3.27. The van der Waals surface area contributed by atoms with Crippen LogP contribution >= 0.6 is 11.6 Å². The Hall–Kier alpha value is -2.08. The van der Waals surface area contributed by atoms with E-state index in [1.807, 2.05) is 28.9 Å². The standard InChI is InChI=1S/C24H33ClN4O2/c25-21-7-2-1-6-20(21)24(31)28-14-10-18(11-15-28)5-3-4-12-27-23(30)19-8-9-22-26-13-16-29(22)17-19/h8-9,13,16-18,20-21H,1-7,10-12,14-15H2,(H,27,30). The van der Waals surface area contributed by atoms with E-state index in [2.05, 4.69) is 15.2 Å². The van der Waals surface area contributed by atoms with Gasteiger partial charge in [-0.25, -0.2) is 4.98 Å². The molecule has 6 nitrogen and oxygen atoms in total. The molecular weight excluding hydrogens is 412 g/mol. The number of hydrogen-bond donors (Lipinski definition) is 1. The number of unbranched alkanes of at least 4 members (excludes halogenated alkanes) is 1. The molecule has 7 heteroatoms. The lowest BCUT2D eigenvalue weighted by Gasteiger charge is -2.36. The van der Waals surface area contributed by atoms with Crippen molar-refractivity contribution >= 4 is 29.1 Å². The first-order valence-electron chi connectivity index (χ1n) is 11.8. The van der Waals surface area contributed by atoms with E-state index in [0.29, 0.717) is 18.0 Å². The highest BCUT2D eigenvalue weighted by Gasteiger charge is 2.34. The number of carbonyl (C=O) groups is 2. The number of aromatic nitrogens is 2. The number of imidazole rings is 1. The third-order valence-electron chi connectivity index (χ3n) is 6.90. The summed E-state index contributed by atoms with van der Waals surface area (Å²) in [6.45, 7) is 2.44. The van der Waals surface area contributed by atoms with Crippen molar-refractivity contribution in [1.29, 1.82) is 0 Å². The van der Waals surface area contributed by atoms with Gasteiger partial charge < -0.3 is 14.6 Å². The van der Waals surface area contributed by atoms with E-state index in [1.54, 1.807) is 6.20 Å². The zero-order valence-corrected chi connectivity index (χ0v) is 18.9. The summed E-state index contributed by atoms with van der Waals surface area (Å²) < 4.78 is 1.85. The fraction of sp³-hybridized carbons (Fsp3) is 0.625. The summed E-state index contributed by atoms with van der Waals surface area (Å²) in [6.07, 6.45) is 15.0. The molecule has 1 saturated carbocycles. The van der Waals surface area contributed by atoms with Crippen LogP contribution < -0.4 is 5.32 Å². The van der Waals surface area contributed by atoms with Crippen LogP contribution in [-0.2, 0) is 4.79 Å². The van der Waals surface area contributed by atoms with Gasteiger partial charge in [0.25, 0.3) is 5.91 Å². The lowest BCUT2D eigenvalue weighted by molar-refractivity contribution is -0.137. The van der Waals surface area contributed by atoms with Crippen LogP contribution in [-0.4, -0.2) is 51.1 Å². The van der Waals surface area contributed by atoms with Gasteiger partial charge in [-0.1, -0.05) is 25.7 Å². The van der Waals surface area contributed by atoms with Crippen molar-refractivity contribution in [2.24, 2.45) is 11.8 Å². The molecule has 2 atom stereocenters. The van der Waals surface area contributed by atoms with Crippen molar-refractivity contribution < 1.29 is 9.59 Å². The summed E-state index contributed by atoms with van der Waals surface area (Å²) in [5.74, 6) is 0.962. The Labute approximate surface area is 189 Å². The van der Waals surface area contributed by atoms with Gasteiger partial charge in [0, 0.05) is 43.6 Å². The molecule has 2 aromatic rings. The maximum atomic E-state index is 12.8. The van der Waals surface area contributed by atoms with Gasteiger partial charge in [-0.3, -0.25) is 9.59 Å². The second-order valence-corrected chi connectivity index (χ2v) is 9.60. The van der Waals surface area contributed by atoms with Crippen LogP contribution in [0.1, 0.15) is 68.1 Å². The minimum atomic E-state index is -0.0391. The van der Waals surface area contributed by atoms with Crippen molar-refractivity contribution in [3.8, 4) is 0 Å². The smallest absolute Gasteiger partial charge is 0.252 e. The van der Waals surface area contributed by atoms with Gasteiger partial charge >= 0.3 is 0 Å². The zero-order valence-electron chi connectivity index (χ0n) is 18.1. The molecule has 4 rings (SSSR count). The predicted molar refractivity (Wildman–Crippen MR) is 122 cm³/mol. The number of alkyl halides is 1. The highest BCUT2D eigenvalue weighted by atomic mass is 35.5. The minimum Gasteiger partial charge on any atom is -0.352 e. The summed E-state index contributed by atoms with van der Waals surface area (Å²) in [5, 5.41) is 3.04. The van der Waals surface area contributed by atoms with E-state index in [0.717, 1.165) is 70.1 Å². The van der Waals surface area contributed by atoms with Crippen molar-refractivity contribution in [1.82, 2.24) is 19.6 Å². The van der Waals surface area contributed by atoms with Crippen LogP contribution in [0.3, 0.4) is 0 Å².